The highest BCUT2D eigenvalue weighted by Crippen LogP contribution is 2.35. The fraction of sp³-hybridized carbons (Fsp3) is 0.235. The standard InChI is InChI=1S/C17H19NO2/c1-2-7-13(12-8-4-3-5-9-12)16-14(17(19)20)10-6-11-15(16)18/h3-6,8-11,13H,2,7,18H2,1H3,(H,19,20). The zero-order chi connectivity index (χ0) is 14.5. The van der Waals surface area contributed by atoms with E-state index >= 15 is 0 Å². The van der Waals surface area contributed by atoms with Crippen molar-refractivity contribution >= 4 is 11.7 Å². The van der Waals surface area contributed by atoms with E-state index in [1.54, 1.807) is 18.2 Å². The number of carboxylic acid groups (broad SMARTS) is 1. The van der Waals surface area contributed by atoms with Crippen LogP contribution in [0.4, 0.5) is 5.69 Å². The highest BCUT2D eigenvalue weighted by atomic mass is 16.4. The van der Waals surface area contributed by atoms with Crippen LogP contribution >= 0.6 is 0 Å². The van der Waals surface area contributed by atoms with Crippen molar-refractivity contribution in [3.8, 4) is 0 Å². The Morgan fingerprint density at radius 3 is 2.45 bits per heavy atom. The van der Waals surface area contributed by atoms with Crippen molar-refractivity contribution in [1.29, 1.82) is 0 Å². The van der Waals surface area contributed by atoms with E-state index in [1.807, 2.05) is 30.3 Å². The van der Waals surface area contributed by atoms with Crippen molar-refractivity contribution in [2.24, 2.45) is 0 Å². The van der Waals surface area contributed by atoms with Gasteiger partial charge in [0.15, 0.2) is 0 Å². The minimum Gasteiger partial charge on any atom is -0.478 e. The molecule has 0 spiro atoms. The monoisotopic (exact) mass is 269 g/mol. The molecule has 3 heteroatoms. The van der Waals surface area contributed by atoms with E-state index in [0.717, 1.165) is 24.0 Å². The van der Waals surface area contributed by atoms with Crippen molar-refractivity contribution in [2.75, 3.05) is 5.73 Å². The van der Waals surface area contributed by atoms with Crippen LogP contribution in [0.25, 0.3) is 0 Å². The highest BCUT2D eigenvalue weighted by Gasteiger charge is 2.22. The first-order valence-electron chi connectivity index (χ1n) is 6.81. The summed E-state index contributed by atoms with van der Waals surface area (Å²) in [4.78, 5) is 11.5. The van der Waals surface area contributed by atoms with Gasteiger partial charge in [-0.2, -0.15) is 0 Å². The second kappa shape index (κ2) is 6.24. The van der Waals surface area contributed by atoms with Crippen LogP contribution in [-0.2, 0) is 0 Å². The average Bonchev–Trinajstić information content (AvgIpc) is 2.46. The molecule has 2 aromatic carbocycles. The Balaban J connectivity index is 2.58. The van der Waals surface area contributed by atoms with Gasteiger partial charge in [0.1, 0.15) is 0 Å². The van der Waals surface area contributed by atoms with Gasteiger partial charge >= 0.3 is 5.97 Å². The second-order valence-corrected chi connectivity index (χ2v) is 4.87. The molecular weight excluding hydrogens is 250 g/mol. The molecule has 3 N–H and O–H groups in total. The van der Waals surface area contributed by atoms with Crippen molar-refractivity contribution in [1.82, 2.24) is 0 Å². The maximum atomic E-state index is 11.5. The van der Waals surface area contributed by atoms with Crippen molar-refractivity contribution < 1.29 is 9.90 Å². The van der Waals surface area contributed by atoms with Crippen LogP contribution < -0.4 is 5.73 Å². The molecule has 0 heterocycles. The Labute approximate surface area is 119 Å². The predicted molar refractivity (Wildman–Crippen MR) is 81.0 cm³/mol. The first-order valence-corrected chi connectivity index (χ1v) is 6.81. The molecule has 0 aliphatic heterocycles. The number of nitrogens with two attached hydrogens (primary N) is 1. The molecule has 0 saturated heterocycles. The molecule has 0 aliphatic rings. The smallest absolute Gasteiger partial charge is 0.336 e. The molecule has 1 atom stereocenters. The lowest BCUT2D eigenvalue weighted by atomic mass is 9.84. The molecule has 0 bridgehead atoms. The lowest BCUT2D eigenvalue weighted by Gasteiger charge is -2.21. The third-order valence-corrected chi connectivity index (χ3v) is 3.50. The molecule has 2 aromatic rings. The van der Waals surface area contributed by atoms with Gasteiger partial charge in [-0.1, -0.05) is 49.7 Å². The zero-order valence-corrected chi connectivity index (χ0v) is 11.5. The van der Waals surface area contributed by atoms with Gasteiger partial charge in [0, 0.05) is 11.6 Å². The Hall–Kier alpha value is -2.29. The molecule has 0 aliphatic carbocycles. The van der Waals surface area contributed by atoms with Gasteiger partial charge in [-0.3, -0.25) is 0 Å². The predicted octanol–water partition coefficient (Wildman–Crippen LogP) is 3.90. The molecule has 3 nitrogen and oxygen atoms in total. The molecule has 0 fully saturated rings. The largest absolute Gasteiger partial charge is 0.478 e. The van der Waals surface area contributed by atoms with Gasteiger partial charge < -0.3 is 10.8 Å². The third kappa shape index (κ3) is 2.82. The average molecular weight is 269 g/mol. The summed E-state index contributed by atoms with van der Waals surface area (Å²) < 4.78 is 0. The summed E-state index contributed by atoms with van der Waals surface area (Å²) >= 11 is 0. The molecule has 1 unspecified atom stereocenters. The minimum atomic E-state index is -0.927. The zero-order valence-electron chi connectivity index (χ0n) is 11.5. The molecular formula is C17H19NO2. The summed E-state index contributed by atoms with van der Waals surface area (Å²) in [5.41, 5.74) is 8.75. The molecule has 2 rings (SSSR count). The second-order valence-electron chi connectivity index (χ2n) is 4.87. The highest BCUT2D eigenvalue weighted by molar-refractivity contribution is 5.91. The number of hydrogen-bond acceptors (Lipinski definition) is 2. The van der Waals surface area contributed by atoms with Crippen molar-refractivity contribution in [3.63, 3.8) is 0 Å². The quantitative estimate of drug-likeness (QED) is 0.809. The van der Waals surface area contributed by atoms with Gasteiger partial charge in [0.2, 0.25) is 0 Å². The van der Waals surface area contributed by atoms with E-state index in [-0.39, 0.29) is 5.92 Å². The SMILES string of the molecule is CCCC(c1ccccc1)c1c(N)cccc1C(=O)O. The Kier molecular flexibility index (Phi) is 4.41. The first-order chi connectivity index (χ1) is 9.65. The summed E-state index contributed by atoms with van der Waals surface area (Å²) in [5, 5.41) is 9.40. The third-order valence-electron chi connectivity index (χ3n) is 3.50. The van der Waals surface area contributed by atoms with Crippen LogP contribution in [-0.4, -0.2) is 11.1 Å². The molecule has 0 saturated carbocycles. The number of carbonyl (C=O) groups is 1. The summed E-state index contributed by atoms with van der Waals surface area (Å²) in [6.45, 7) is 2.09. The summed E-state index contributed by atoms with van der Waals surface area (Å²) in [6, 6.07) is 15.0. The van der Waals surface area contributed by atoms with E-state index in [0.29, 0.717) is 11.3 Å². The number of anilines is 1. The normalized spacial score (nSPS) is 12.1. The number of hydrogen-bond donors (Lipinski definition) is 2. The first kappa shape index (κ1) is 14.1. The van der Waals surface area contributed by atoms with E-state index in [4.69, 9.17) is 5.73 Å². The van der Waals surface area contributed by atoms with E-state index in [1.165, 1.54) is 0 Å². The van der Waals surface area contributed by atoms with Crippen LogP contribution in [0.15, 0.2) is 48.5 Å². The minimum absolute atomic E-state index is 0.0218. The van der Waals surface area contributed by atoms with Crippen LogP contribution in [0.3, 0.4) is 0 Å². The Morgan fingerprint density at radius 1 is 1.15 bits per heavy atom. The van der Waals surface area contributed by atoms with Crippen LogP contribution in [0.2, 0.25) is 0 Å². The lowest BCUT2D eigenvalue weighted by molar-refractivity contribution is 0.0695. The number of nitrogen functional groups attached to an aromatic ring is 1. The van der Waals surface area contributed by atoms with Crippen LogP contribution in [0.1, 0.15) is 47.2 Å². The Morgan fingerprint density at radius 2 is 1.85 bits per heavy atom. The molecule has 20 heavy (non-hydrogen) atoms. The number of rotatable bonds is 5. The molecule has 0 aromatic heterocycles. The number of carboxylic acids is 1. The fourth-order valence-electron chi connectivity index (χ4n) is 2.61. The van der Waals surface area contributed by atoms with Crippen LogP contribution in [0, 0.1) is 0 Å². The van der Waals surface area contributed by atoms with Crippen LogP contribution in [0.5, 0.6) is 0 Å². The van der Waals surface area contributed by atoms with Gasteiger partial charge in [-0.25, -0.2) is 4.79 Å². The lowest BCUT2D eigenvalue weighted by Crippen LogP contribution is -2.11. The maximum Gasteiger partial charge on any atom is 0.336 e. The fourth-order valence-corrected chi connectivity index (χ4v) is 2.61. The van der Waals surface area contributed by atoms with Crippen molar-refractivity contribution in [3.05, 3.63) is 65.2 Å². The molecule has 0 amide bonds. The number of aromatic carboxylic acids is 1. The maximum absolute atomic E-state index is 11.5. The summed E-state index contributed by atoms with van der Waals surface area (Å²) in [5.74, 6) is -0.905. The molecule has 0 radical (unpaired) electrons. The van der Waals surface area contributed by atoms with Gasteiger partial charge in [0.05, 0.1) is 5.56 Å². The summed E-state index contributed by atoms with van der Waals surface area (Å²) in [6.07, 6.45) is 1.84. The van der Waals surface area contributed by atoms with Gasteiger partial charge in [-0.05, 0) is 29.7 Å². The van der Waals surface area contributed by atoms with Gasteiger partial charge in [-0.15, -0.1) is 0 Å². The van der Waals surface area contributed by atoms with E-state index < -0.39 is 5.97 Å². The topological polar surface area (TPSA) is 63.3 Å². The van der Waals surface area contributed by atoms with Crippen molar-refractivity contribution in [2.45, 2.75) is 25.7 Å². The molecule has 104 valence electrons. The van der Waals surface area contributed by atoms with E-state index in [9.17, 15) is 9.90 Å². The summed E-state index contributed by atoms with van der Waals surface area (Å²) in [7, 11) is 0. The van der Waals surface area contributed by atoms with Gasteiger partial charge in [0.25, 0.3) is 0 Å². The van der Waals surface area contributed by atoms with E-state index in [2.05, 4.69) is 6.92 Å². The Bertz CT molecular complexity index is 593. The number of benzene rings is 2.